The third-order valence-corrected chi connectivity index (χ3v) is 7.49. The average Bonchev–Trinajstić information content (AvgIpc) is 3.39. The van der Waals surface area contributed by atoms with E-state index in [2.05, 4.69) is 37.1 Å². The molecule has 3 aromatic rings. The second-order valence-electron chi connectivity index (χ2n) is 9.45. The van der Waals surface area contributed by atoms with Crippen molar-refractivity contribution in [1.82, 2.24) is 4.98 Å². The number of amides is 1. The number of aromatic nitrogens is 1. The van der Waals surface area contributed by atoms with Crippen LogP contribution in [-0.2, 0) is 22.4 Å². The highest BCUT2D eigenvalue weighted by Gasteiger charge is 2.33. The molecule has 33 heavy (non-hydrogen) atoms. The van der Waals surface area contributed by atoms with E-state index >= 15 is 0 Å². The lowest BCUT2D eigenvalue weighted by molar-refractivity contribution is -0.124. The van der Waals surface area contributed by atoms with E-state index < -0.39 is 18.0 Å². The minimum atomic E-state index is -0.974. The monoisotopic (exact) mass is 465 g/mol. The van der Waals surface area contributed by atoms with Crippen LogP contribution in [0.3, 0.4) is 0 Å². The molecule has 0 fully saturated rings. The fourth-order valence-corrected chi connectivity index (χ4v) is 5.51. The number of benzene rings is 1. The molecule has 0 bridgehead atoms. The molecule has 2 aromatic heterocycles. The molecule has 2 atom stereocenters. The van der Waals surface area contributed by atoms with Crippen LogP contribution in [0.2, 0.25) is 0 Å². The first-order valence-corrected chi connectivity index (χ1v) is 11.9. The van der Waals surface area contributed by atoms with Crippen LogP contribution in [0.4, 0.5) is 5.00 Å². The maximum atomic E-state index is 13.0. The average molecular weight is 466 g/mol. The van der Waals surface area contributed by atoms with Gasteiger partial charge in [-0.2, -0.15) is 5.26 Å². The number of fused-ring (bicyclic) bond motifs is 2. The van der Waals surface area contributed by atoms with Crippen LogP contribution < -0.4 is 5.32 Å². The summed E-state index contributed by atoms with van der Waals surface area (Å²) in [5.74, 6) is -0.512. The first-order chi connectivity index (χ1) is 15.7. The van der Waals surface area contributed by atoms with E-state index in [4.69, 9.17) is 9.15 Å². The number of nitriles is 1. The molecule has 7 nitrogen and oxygen atoms in total. The summed E-state index contributed by atoms with van der Waals surface area (Å²) in [6.45, 7) is 8.50. The van der Waals surface area contributed by atoms with Crippen LogP contribution in [0.1, 0.15) is 66.9 Å². The Morgan fingerprint density at radius 1 is 1.39 bits per heavy atom. The van der Waals surface area contributed by atoms with Crippen LogP contribution in [0.5, 0.6) is 0 Å². The van der Waals surface area contributed by atoms with Crippen molar-refractivity contribution in [1.29, 1.82) is 5.26 Å². The Balaban J connectivity index is 1.49. The molecule has 2 heterocycles. The van der Waals surface area contributed by atoms with Gasteiger partial charge >= 0.3 is 5.97 Å². The molecule has 1 aromatic carbocycles. The first-order valence-electron chi connectivity index (χ1n) is 11.1. The smallest absolute Gasteiger partial charge is 0.338 e. The van der Waals surface area contributed by atoms with Gasteiger partial charge in [-0.05, 0) is 60.8 Å². The molecule has 0 spiro atoms. The molecule has 172 valence electrons. The largest absolute Gasteiger partial charge is 0.449 e. The van der Waals surface area contributed by atoms with Crippen LogP contribution in [0.15, 0.2) is 29.0 Å². The van der Waals surface area contributed by atoms with Gasteiger partial charge in [0.25, 0.3) is 5.91 Å². The number of hydrogen-bond acceptors (Lipinski definition) is 7. The number of carbonyl (C=O) groups excluding carboxylic acids is 2. The quantitative estimate of drug-likeness (QED) is 0.500. The molecule has 8 heteroatoms. The lowest BCUT2D eigenvalue weighted by Gasteiger charge is -2.33. The summed E-state index contributed by atoms with van der Waals surface area (Å²) in [4.78, 5) is 30.8. The van der Waals surface area contributed by atoms with E-state index in [0.717, 1.165) is 24.8 Å². The molecule has 0 aliphatic heterocycles. The van der Waals surface area contributed by atoms with E-state index in [1.807, 2.05) is 0 Å². The van der Waals surface area contributed by atoms with E-state index in [1.54, 1.807) is 25.1 Å². The molecule has 2 unspecified atom stereocenters. The number of nitrogens with one attached hydrogen (secondary N) is 1. The number of thiophene rings is 1. The minimum absolute atomic E-state index is 0.189. The summed E-state index contributed by atoms with van der Waals surface area (Å²) in [7, 11) is 0. The van der Waals surface area contributed by atoms with Gasteiger partial charge in [0.1, 0.15) is 16.6 Å². The lowest BCUT2D eigenvalue weighted by Crippen LogP contribution is -2.32. The second kappa shape index (κ2) is 8.99. The van der Waals surface area contributed by atoms with Crippen molar-refractivity contribution in [2.24, 2.45) is 11.3 Å². The van der Waals surface area contributed by atoms with Gasteiger partial charge in [-0.15, -0.1) is 11.3 Å². The maximum absolute atomic E-state index is 13.0. The Labute approximate surface area is 196 Å². The Hall–Kier alpha value is -3.18. The van der Waals surface area contributed by atoms with Crippen LogP contribution >= 0.6 is 11.3 Å². The molecular weight excluding hydrogens is 438 g/mol. The van der Waals surface area contributed by atoms with E-state index in [9.17, 15) is 14.9 Å². The minimum Gasteiger partial charge on any atom is -0.449 e. The highest BCUT2D eigenvalue weighted by Crippen LogP contribution is 2.44. The van der Waals surface area contributed by atoms with Crippen molar-refractivity contribution in [2.75, 3.05) is 5.32 Å². The number of carbonyl (C=O) groups is 2. The molecule has 1 N–H and O–H groups in total. The van der Waals surface area contributed by atoms with Gasteiger partial charge < -0.3 is 14.5 Å². The normalized spacial score (nSPS) is 16.6. The number of rotatable bonds is 5. The van der Waals surface area contributed by atoms with E-state index in [0.29, 0.717) is 39.6 Å². The second-order valence-corrected chi connectivity index (χ2v) is 10.6. The topological polar surface area (TPSA) is 105 Å². The number of oxazole rings is 1. The molecule has 0 saturated heterocycles. The number of ether oxygens (including phenoxy) is 1. The van der Waals surface area contributed by atoms with Gasteiger partial charge in [0.15, 0.2) is 18.1 Å². The summed E-state index contributed by atoms with van der Waals surface area (Å²) in [6.07, 6.45) is 3.41. The van der Waals surface area contributed by atoms with Crippen molar-refractivity contribution in [3.05, 3.63) is 46.2 Å². The molecule has 1 amide bonds. The van der Waals surface area contributed by atoms with Gasteiger partial charge in [-0.25, -0.2) is 9.78 Å². The standard InChI is InChI=1S/C25H27N3O4S/c1-5-19(32-24(30)14-6-9-20-18(10-14)27-13-31-20)22(29)28-23-17(12-26)16-8-7-15(25(2,3)4)11-21(16)33-23/h6,9-10,13,15,19H,5,7-8,11H2,1-4H3,(H,28,29). The first kappa shape index (κ1) is 23.0. The summed E-state index contributed by atoms with van der Waals surface area (Å²) >= 11 is 1.47. The number of hydrogen-bond donors (Lipinski definition) is 1. The fourth-order valence-electron chi connectivity index (χ4n) is 4.23. The van der Waals surface area contributed by atoms with E-state index in [-0.39, 0.29) is 5.41 Å². The Bertz CT molecular complexity index is 1240. The van der Waals surface area contributed by atoms with Crippen molar-refractivity contribution in [3.8, 4) is 6.07 Å². The summed E-state index contributed by atoms with van der Waals surface area (Å²) in [6, 6.07) is 7.06. The Kier molecular flexibility index (Phi) is 6.26. The Morgan fingerprint density at radius 2 is 2.18 bits per heavy atom. The number of nitrogens with zero attached hydrogens (tertiary/aromatic N) is 2. The van der Waals surface area contributed by atoms with Gasteiger partial charge in [0.2, 0.25) is 0 Å². The predicted molar refractivity (Wildman–Crippen MR) is 126 cm³/mol. The molecular formula is C25H27N3O4S. The van der Waals surface area contributed by atoms with Crippen LogP contribution in [-0.4, -0.2) is 23.0 Å². The maximum Gasteiger partial charge on any atom is 0.338 e. The molecule has 0 saturated carbocycles. The van der Waals surface area contributed by atoms with Crippen molar-refractivity contribution in [2.45, 2.75) is 59.5 Å². The fraction of sp³-hybridized carbons (Fsp3) is 0.440. The van der Waals surface area contributed by atoms with Crippen molar-refractivity contribution >= 4 is 39.3 Å². The molecule has 4 rings (SSSR count). The summed E-state index contributed by atoms with van der Waals surface area (Å²) in [5.41, 5.74) is 3.17. The predicted octanol–water partition coefficient (Wildman–Crippen LogP) is 5.49. The zero-order chi connectivity index (χ0) is 23.8. The summed E-state index contributed by atoms with van der Waals surface area (Å²) < 4.78 is 10.7. The SMILES string of the molecule is CCC(OC(=O)c1ccc2ocnc2c1)C(=O)Nc1sc2c(c1C#N)CCC(C(C)(C)C)C2. The lowest BCUT2D eigenvalue weighted by atomic mass is 9.72. The van der Waals surface area contributed by atoms with Gasteiger partial charge in [-0.3, -0.25) is 4.79 Å². The number of esters is 1. The highest BCUT2D eigenvalue weighted by atomic mass is 32.1. The summed E-state index contributed by atoms with van der Waals surface area (Å²) in [5, 5.41) is 13.2. The van der Waals surface area contributed by atoms with Crippen LogP contribution in [0, 0.1) is 22.7 Å². The zero-order valence-electron chi connectivity index (χ0n) is 19.2. The van der Waals surface area contributed by atoms with Crippen molar-refractivity contribution in [3.63, 3.8) is 0 Å². The van der Waals surface area contributed by atoms with Gasteiger partial charge in [-0.1, -0.05) is 27.7 Å². The number of anilines is 1. The highest BCUT2D eigenvalue weighted by molar-refractivity contribution is 7.16. The molecule has 0 radical (unpaired) electrons. The molecule has 1 aliphatic carbocycles. The Morgan fingerprint density at radius 3 is 2.88 bits per heavy atom. The van der Waals surface area contributed by atoms with Gasteiger partial charge in [0, 0.05) is 4.88 Å². The molecule has 1 aliphatic rings. The van der Waals surface area contributed by atoms with Crippen LogP contribution in [0.25, 0.3) is 11.1 Å². The zero-order valence-corrected chi connectivity index (χ0v) is 20.0. The third-order valence-electron chi connectivity index (χ3n) is 6.32. The van der Waals surface area contributed by atoms with Crippen molar-refractivity contribution < 1.29 is 18.7 Å². The third kappa shape index (κ3) is 4.64. The van der Waals surface area contributed by atoms with E-state index in [1.165, 1.54) is 22.6 Å². The van der Waals surface area contributed by atoms with Gasteiger partial charge in [0.05, 0.1) is 11.1 Å².